The SMILES string of the molecule is CSC1CCC(NC(C)c2ccc(S(C)(=O)=O)cc2)C1. The summed E-state index contributed by atoms with van der Waals surface area (Å²) in [4.78, 5) is 0.386. The van der Waals surface area contributed by atoms with Crippen LogP contribution in [0.5, 0.6) is 0 Å². The topological polar surface area (TPSA) is 46.2 Å². The maximum atomic E-state index is 11.4. The monoisotopic (exact) mass is 313 g/mol. The number of rotatable bonds is 5. The van der Waals surface area contributed by atoms with Gasteiger partial charge in [-0.3, -0.25) is 0 Å². The highest BCUT2D eigenvalue weighted by atomic mass is 32.2. The molecule has 0 heterocycles. The van der Waals surface area contributed by atoms with Crippen molar-refractivity contribution < 1.29 is 8.42 Å². The summed E-state index contributed by atoms with van der Waals surface area (Å²) < 4.78 is 22.9. The van der Waals surface area contributed by atoms with Gasteiger partial charge in [-0.25, -0.2) is 8.42 Å². The highest BCUT2D eigenvalue weighted by Crippen LogP contribution is 2.29. The van der Waals surface area contributed by atoms with Crippen LogP contribution >= 0.6 is 11.8 Å². The predicted molar refractivity (Wildman–Crippen MR) is 86.0 cm³/mol. The van der Waals surface area contributed by atoms with E-state index < -0.39 is 9.84 Å². The Morgan fingerprint density at radius 3 is 2.40 bits per heavy atom. The lowest BCUT2D eigenvalue weighted by atomic mass is 10.1. The van der Waals surface area contributed by atoms with Crippen LogP contribution in [-0.2, 0) is 9.84 Å². The first-order valence-electron chi connectivity index (χ1n) is 6.99. The molecule has 0 saturated heterocycles. The summed E-state index contributed by atoms with van der Waals surface area (Å²) in [7, 11) is -3.10. The van der Waals surface area contributed by atoms with E-state index in [4.69, 9.17) is 0 Å². The smallest absolute Gasteiger partial charge is 0.175 e. The Kier molecular flexibility index (Phi) is 5.15. The molecule has 5 heteroatoms. The number of thioether (sulfide) groups is 1. The molecule has 1 aliphatic rings. The quantitative estimate of drug-likeness (QED) is 0.907. The zero-order chi connectivity index (χ0) is 14.8. The van der Waals surface area contributed by atoms with Gasteiger partial charge >= 0.3 is 0 Å². The number of hydrogen-bond donors (Lipinski definition) is 1. The van der Waals surface area contributed by atoms with Gasteiger partial charge in [-0.15, -0.1) is 0 Å². The van der Waals surface area contributed by atoms with Crippen molar-refractivity contribution >= 4 is 21.6 Å². The lowest BCUT2D eigenvalue weighted by Crippen LogP contribution is -2.29. The highest BCUT2D eigenvalue weighted by Gasteiger charge is 2.25. The standard InChI is InChI=1S/C15H23NO2S2/c1-11(16-13-6-7-14(10-13)19-2)12-4-8-15(9-5-12)20(3,17)18/h4-5,8-9,11,13-14,16H,6-7,10H2,1-3H3. The van der Waals surface area contributed by atoms with Crippen molar-refractivity contribution in [2.45, 2.75) is 48.4 Å². The van der Waals surface area contributed by atoms with E-state index in [-0.39, 0.29) is 6.04 Å². The second-order valence-electron chi connectivity index (χ2n) is 5.60. The van der Waals surface area contributed by atoms with E-state index in [0.717, 1.165) is 10.8 Å². The van der Waals surface area contributed by atoms with Crippen molar-refractivity contribution in [3.05, 3.63) is 29.8 Å². The first-order chi connectivity index (χ1) is 9.40. The fourth-order valence-electron chi connectivity index (χ4n) is 2.76. The molecular formula is C15H23NO2S2. The summed E-state index contributed by atoms with van der Waals surface area (Å²) in [6.07, 6.45) is 7.17. The average molecular weight is 313 g/mol. The molecule has 1 fully saturated rings. The fourth-order valence-corrected chi connectivity index (χ4v) is 4.19. The summed E-state index contributed by atoms with van der Waals surface area (Å²) in [5, 5.41) is 4.44. The van der Waals surface area contributed by atoms with Crippen LogP contribution in [0, 0.1) is 0 Å². The van der Waals surface area contributed by atoms with E-state index in [2.05, 4.69) is 18.5 Å². The molecule has 20 heavy (non-hydrogen) atoms. The van der Waals surface area contributed by atoms with Crippen LogP contribution in [0.2, 0.25) is 0 Å². The van der Waals surface area contributed by atoms with Crippen molar-refractivity contribution in [3.8, 4) is 0 Å². The van der Waals surface area contributed by atoms with Gasteiger partial charge in [0.05, 0.1) is 4.90 Å². The Hall–Kier alpha value is -0.520. The highest BCUT2D eigenvalue weighted by molar-refractivity contribution is 7.99. The fraction of sp³-hybridized carbons (Fsp3) is 0.600. The van der Waals surface area contributed by atoms with Gasteiger partial charge in [0.25, 0.3) is 0 Å². The molecule has 3 unspecified atom stereocenters. The molecule has 1 aliphatic carbocycles. The number of nitrogens with one attached hydrogen (secondary N) is 1. The molecule has 0 amide bonds. The molecule has 2 rings (SSSR count). The van der Waals surface area contributed by atoms with E-state index >= 15 is 0 Å². The molecule has 3 nitrogen and oxygen atoms in total. The zero-order valence-corrected chi connectivity index (χ0v) is 13.9. The van der Waals surface area contributed by atoms with Crippen molar-refractivity contribution in [1.29, 1.82) is 0 Å². The van der Waals surface area contributed by atoms with E-state index in [0.29, 0.717) is 10.9 Å². The van der Waals surface area contributed by atoms with Crippen molar-refractivity contribution in [3.63, 3.8) is 0 Å². The summed E-state index contributed by atoms with van der Waals surface area (Å²) in [6.45, 7) is 2.14. The van der Waals surface area contributed by atoms with Crippen molar-refractivity contribution in [2.75, 3.05) is 12.5 Å². The minimum absolute atomic E-state index is 0.259. The van der Waals surface area contributed by atoms with Gasteiger partial charge < -0.3 is 5.32 Å². The van der Waals surface area contributed by atoms with Crippen LogP contribution in [0.4, 0.5) is 0 Å². The van der Waals surface area contributed by atoms with Crippen LogP contribution in [-0.4, -0.2) is 32.2 Å². The molecule has 1 aromatic rings. The molecular weight excluding hydrogens is 290 g/mol. The Morgan fingerprint density at radius 1 is 1.25 bits per heavy atom. The molecule has 0 bridgehead atoms. The molecule has 0 aromatic heterocycles. The lowest BCUT2D eigenvalue weighted by Gasteiger charge is -2.20. The van der Waals surface area contributed by atoms with Crippen molar-refractivity contribution in [1.82, 2.24) is 5.32 Å². The Balaban J connectivity index is 1.98. The molecule has 0 aliphatic heterocycles. The molecule has 1 N–H and O–H groups in total. The molecule has 3 atom stereocenters. The average Bonchev–Trinajstić information content (AvgIpc) is 2.85. The van der Waals surface area contributed by atoms with Gasteiger partial charge in [0.1, 0.15) is 0 Å². The number of hydrogen-bond acceptors (Lipinski definition) is 4. The van der Waals surface area contributed by atoms with Gasteiger partial charge in [-0.05, 0) is 50.1 Å². The van der Waals surface area contributed by atoms with Crippen LogP contribution in [0.3, 0.4) is 0 Å². The minimum Gasteiger partial charge on any atom is -0.307 e. The first-order valence-corrected chi connectivity index (χ1v) is 10.2. The van der Waals surface area contributed by atoms with Crippen LogP contribution in [0.1, 0.15) is 37.8 Å². The zero-order valence-electron chi connectivity index (χ0n) is 12.3. The Bertz CT molecular complexity index is 539. The van der Waals surface area contributed by atoms with Crippen LogP contribution in [0.15, 0.2) is 29.2 Å². The summed E-state index contributed by atoms with van der Waals surface area (Å²) >= 11 is 1.96. The maximum absolute atomic E-state index is 11.4. The minimum atomic E-state index is -3.10. The van der Waals surface area contributed by atoms with E-state index in [1.54, 1.807) is 12.1 Å². The lowest BCUT2D eigenvalue weighted by molar-refractivity contribution is 0.462. The predicted octanol–water partition coefficient (Wildman–Crippen LogP) is 3.02. The van der Waals surface area contributed by atoms with Gasteiger partial charge in [0.2, 0.25) is 0 Å². The van der Waals surface area contributed by atoms with E-state index in [1.165, 1.54) is 25.5 Å². The van der Waals surface area contributed by atoms with Gasteiger partial charge in [-0.2, -0.15) is 11.8 Å². The molecule has 0 radical (unpaired) electrons. The van der Waals surface area contributed by atoms with E-state index in [9.17, 15) is 8.42 Å². The van der Waals surface area contributed by atoms with E-state index in [1.807, 2.05) is 23.9 Å². The molecule has 1 aromatic carbocycles. The maximum Gasteiger partial charge on any atom is 0.175 e. The third kappa shape index (κ3) is 3.99. The Morgan fingerprint density at radius 2 is 1.90 bits per heavy atom. The number of benzene rings is 1. The molecule has 112 valence electrons. The van der Waals surface area contributed by atoms with Gasteiger partial charge in [0.15, 0.2) is 9.84 Å². The first kappa shape index (κ1) is 15.9. The second kappa shape index (κ2) is 6.50. The summed E-state index contributed by atoms with van der Waals surface area (Å²) in [6, 6.07) is 8.06. The normalized spacial score (nSPS) is 24.8. The Labute approximate surface area is 126 Å². The van der Waals surface area contributed by atoms with Crippen LogP contribution < -0.4 is 5.32 Å². The summed E-state index contributed by atoms with van der Waals surface area (Å²) in [5.74, 6) is 0. The van der Waals surface area contributed by atoms with Crippen molar-refractivity contribution in [2.24, 2.45) is 0 Å². The number of sulfone groups is 1. The van der Waals surface area contributed by atoms with Crippen LogP contribution in [0.25, 0.3) is 0 Å². The largest absolute Gasteiger partial charge is 0.307 e. The van der Waals surface area contributed by atoms with Gasteiger partial charge in [0, 0.05) is 23.6 Å². The molecule has 1 saturated carbocycles. The van der Waals surface area contributed by atoms with Gasteiger partial charge in [-0.1, -0.05) is 12.1 Å². The summed E-state index contributed by atoms with van der Waals surface area (Å²) in [5.41, 5.74) is 1.14. The molecule has 0 spiro atoms. The second-order valence-corrected chi connectivity index (χ2v) is 8.75. The third-order valence-corrected chi connectivity index (χ3v) is 6.24. The third-order valence-electron chi connectivity index (χ3n) is 4.01.